The zero-order chi connectivity index (χ0) is 18.8. The second kappa shape index (κ2) is 7.72. The van der Waals surface area contributed by atoms with Crippen molar-refractivity contribution in [1.82, 2.24) is 10.6 Å². The molecule has 0 aromatic heterocycles. The molecule has 0 spiro atoms. The number of aliphatic hydroxyl groups is 1. The van der Waals surface area contributed by atoms with Gasteiger partial charge in [-0.1, -0.05) is 31.4 Å². The van der Waals surface area contributed by atoms with Crippen LogP contribution in [0.25, 0.3) is 0 Å². The average molecular weight is 369 g/mol. The van der Waals surface area contributed by atoms with Crippen molar-refractivity contribution in [2.75, 3.05) is 18.4 Å². The summed E-state index contributed by atoms with van der Waals surface area (Å²) in [6.07, 6.45) is 7.08. The first-order valence-electron chi connectivity index (χ1n) is 9.99. The summed E-state index contributed by atoms with van der Waals surface area (Å²) in [5.74, 6) is -0.792. The Hall–Kier alpha value is -2.34. The molecule has 2 heterocycles. The quantitative estimate of drug-likeness (QED) is 0.617. The molecule has 1 saturated carbocycles. The number of anilines is 1. The highest BCUT2D eigenvalue weighted by Gasteiger charge is 2.40. The van der Waals surface area contributed by atoms with E-state index in [2.05, 4.69) is 28.1 Å². The monoisotopic (exact) mass is 369 g/mol. The Bertz CT molecular complexity index is 750. The minimum absolute atomic E-state index is 0.104. The van der Waals surface area contributed by atoms with Gasteiger partial charge in [0.15, 0.2) is 0 Å². The second-order valence-electron chi connectivity index (χ2n) is 7.85. The van der Waals surface area contributed by atoms with E-state index in [0.29, 0.717) is 18.2 Å². The van der Waals surface area contributed by atoms with Crippen molar-refractivity contribution in [2.24, 2.45) is 5.92 Å². The van der Waals surface area contributed by atoms with Gasteiger partial charge < -0.3 is 21.1 Å². The number of benzene rings is 1. The molecular formula is C21H27N3O3. The van der Waals surface area contributed by atoms with Crippen LogP contribution in [0.5, 0.6) is 0 Å². The standard InChI is InChI=1S/C21H27N3O3/c25-19-16-12-22-11-10-17(16)24-21(27)18(19)20(26)23-15-8-6-14(7-9-15)13-4-2-1-3-5-13/h6-9,13,16-17,22,25H,1-5,10-12H2,(H,23,26)(H,24,27)/t16-,17-/m0/s1. The minimum Gasteiger partial charge on any atom is -0.511 e. The van der Waals surface area contributed by atoms with E-state index in [0.717, 1.165) is 13.0 Å². The molecule has 2 atom stereocenters. The van der Waals surface area contributed by atoms with Gasteiger partial charge in [-0.3, -0.25) is 9.59 Å². The van der Waals surface area contributed by atoms with Crippen LogP contribution in [0.2, 0.25) is 0 Å². The summed E-state index contributed by atoms with van der Waals surface area (Å²) >= 11 is 0. The lowest BCUT2D eigenvalue weighted by atomic mass is 9.84. The Kier molecular flexibility index (Phi) is 5.16. The highest BCUT2D eigenvalue weighted by atomic mass is 16.3. The molecule has 1 aliphatic carbocycles. The van der Waals surface area contributed by atoms with Crippen molar-refractivity contribution >= 4 is 17.5 Å². The topological polar surface area (TPSA) is 90.5 Å². The van der Waals surface area contributed by atoms with E-state index in [4.69, 9.17) is 0 Å². The maximum Gasteiger partial charge on any atom is 0.264 e. The number of aliphatic hydroxyl groups excluding tert-OH is 1. The van der Waals surface area contributed by atoms with Gasteiger partial charge in [0, 0.05) is 18.3 Å². The van der Waals surface area contributed by atoms with E-state index in [1.54, 1.807) is 0 Å². The van der Waals surface area contributed by atoms with E-state index < -0.39 is 11.8 Å². The van der Waals surface area contributed by atoms with Crippen LogP contribution < -0.4 is 16.0 Å². The number of carbonyl (C=O) groups excluding carboxylic acids is 2. The molecule has 1 aromatic rings. The van der Waals surface area contributed by atoms with Gasteiger partial charge in [-0.25, -0.2) is 0 Å². The largest absolute Gasteiger partial charge is 0.511 e. The molecule has 1 aromatic carbocycles. The van der Waals surface area contributed by atoms with Crippen molar-refractivity contribution in [3.63, 3.8) is 0 Å². The van der Waals surface area contributed by atoms with E-state index in [1.165, 1.54) is 37.7 Å². The Balaban J connectivity index is 1.47. The molecule has 4 rings (SSSR count). The Morgan fingerprint density at radius 2 is 1.81 bits per heavy atom. The van der Waals surface area contributed by atoms with Gasteiger partial charge in [0.25, 0.3) is 11.8 Å². The first kappa shape index (κ1) is 18.0. The zero-order valence-electron chi connectivity index (χ0n) is 15.5. The molecule has 2 fully saturated rings. The third-order valence-electron chi connectivity index (χ3n) is 6.11. The highest BCUT2D eigenvalue weighted by molar-refractivity contribution is 6.23. The summed E-state index contributed by atoms with van der Waals surface area (Å²) in [5, 5.41) is 19.3. The van der Waals surface area contributed by atoms with Crippen LogP contribution >= 0.6 is 0 Å². The average Bonchev–Trinajstić information content (AvgIpc) is 2.69. The van der Waals surface area contributed by atoms with Crippen molar-refractivity contribution in [2.45, 2.75) is 50.5 Å². The number of fused-ring (bicyclic) bond motifs is 1. The number of rotatable bonds is 3. The number of amides is 2. The van der Waals surface area contributed by atoms with Crippen LogP contribution in [0.4, 0.5) is 5.69 Å². The minimum atomic E-state index is -0.556. The summed E-state index contributed by atoms with van der Waals surface area (Å²) in [4.78, 5) is 25.0. The Morgan fingerprint density at radius 3 is 2.56 bits per heavy atom. The van der Waals surface area contributed by atoms with Crippen LogP contribution in [0.15, 0.2) is 35.6 Å². The SMILES string of the molecule is O=C(Nc1ccc(C2CCCCC2)cc1)C1=C(O)[C@H]2CNCC[C@@H]2NC1=O. The molecule has 27 heavy (non-hydrogen) atoms. The maximum absolute atomic E-state index is 12.6. The fourth-order valence-corrected chi connectivity index (χ4v) is 4.55. The zero-order valence-corrected chi connectivity index (χ0v) is 15.5. The summed E-state index contributed by atoms with van der Waals surface area (Å²) < 4.78 is 0. The van der Waals surface area contributed by atoms with Gasteiger partial charge in [-0.2, -0.15) is 0 Å². The molecule has 0 bridgehead atoms. The molecule has 1 saturated heterocycles. The van der Waals surface area contributed by atoms with Gasteiger partial charge in [0.05, 0.1) is 5.92 Å². The van der Waals surface area contributed by atoms with Gasteiger partial charge in [0.2, 0.25) is 0 Å². The number of carbonyl (C=O) groups is 2. The van der Waals surface area contributed by atoms with Gasteiger partial charge in [-0.15, -0.1) is 0 Å². The van der Waals surface area contributed by atoms with Gasteiger partial charge in [0.1, 0.15) is 11.3 Å². The molecule has 6 heteroatoms. The lowest BCUT2D eigenvalue weighted by Crippen LogP contribution is -2.55. The fraction of sp³-hybridized carbons (Fsp3) is 0.524. The number of piperidine rings is 1. The lowest BCUT2D eigenvalue weighted by molar-refractivity contribution is -0.123. The van der Waals surface area contributed by atoms with E-state index in [1.807, 2.05) is 12.1 Å². The van der Waals surface area contributed by atoms with E-state index in [9.17, 15) is 14.7 Å². The predicted octanol–water partition coefficient (Wildman–Crippen LogP) is 2.59. The van der Waals surface area contributed by atoms with Crippen LogP contribution in [0, 0.1) is 5.92 Å². The third kappa shape index (κ3) is 3.72. The van der Waals surface area contributed by atoms with Crippen molar-refractivity contribution in [3.8, 4) is 0 Å². The number of nitrogens with one attached hydrogen (secondary N) is 3. The molecule has 2 amide bonds. The Labute approximate surface area is 159 Å². The van der Waals surface area contributed by atoms with Crippen molar-refractivity contribution < 1.29 is 14.7 Å². The third-order valence-corrected chi connectivity index (χ3v) is 6.11. The molecular weight excluding hydrogens is 342 g/mol. The maximum atomic E-state index is 12.6. The van der Waals surface area contributed by atoms with Crippen LogP contribution in [0.1, 0.15) is 50.0 Å². The second-order valence-corrected chi connectivity index (χ2v) is 7.85. The molecule has 4 N–H and O–H groups in total. The molecule has 0 radical (unpaired) electrons. The highest BCUT2D eigenvalue weighted by Crippen LogP contribution is 2.33. The normalized spacial score (nSPS) is 26.3. The van der Waals surface area contributed by atoms with Crippen LogP contribution in [-0.2, 0) is 9.59 Å². The van der Waals surface area contributed by atoms with Crippen molar-refractivity contribution in [1.29, 1.82) is 0 Å². The first-order valence-corrected chi connectivity index (χ1v) is 9.99. The number of hydrogen-bond donors (Lipinski definition) is 4. The van der Waals surface area contributed by atoms with E-state index >= 15 is 0 Å². The fourth-order valence-electron chi connectivity index (χ4n) is 4.55. The Morgan fingerprint density at radius 1 is 1.07 bits per heavy atom. The summed E-state index contributed by atoms with van der Waals surface area (Å²) in [5.41, 5.74) is 1.77. The molecule has 0 unspecified atom stereocenters. The smallest absolute Gasteiger partial charge is 0.264 e. The van der Waals surface area contributed by atoms with Crippen LogP contribution in [0.3, 0.4) is 0 Å². The van der Waals surface area contributed by atoms with Gasteiger partial charge in [-0.05, 0) is 49.4 Å². The van der Waals surface area contributed by atoms with Crippen LogP contribution in [-0.4, -0.2) is 36.1 Å². The first-order chi connectivity index (χ1) is 13.1. The lowest BCUT2D eigenvalue weighted by Gasteiger charge is -2.36. The predicted molar refractivity (Wildman–Crippen MR) is 103 cm³/mol. The molecule has 3 aliphatic rings. The molecule has 2 aliphatic heterocycles. The molecule has 6 nitrogen and oxygen atoms in total. The van der Waals surface area contributed by atoms with Crippen molar-refractivity contribution in [3.05, 3.63) is 41.2 Å². The summed E-state index contributed by atoms with van der Waals surface area (Å²) in [7, 11) is 0. The van der Waals surface area contributed by atoms with E-state index in [-0.39, 0.29) is 23.3 Å². The molecule has 144 valence electrons. The summed E-state index contributed by atoms with van der Waals surface area (Å²) in [6.45, 7) is 1.35. The van der Waals surface area contributed by atoms with Gasteiger partial charge >= 0.3 is 0 Å². The summed E-state index contributed by atoms with van der Waals surface area (Å²) in [6, 6.07) is 7.77. The number of hydrogen-bond acceptors (Lipinski definition) is 4.